The van der Waals surface area contributed by atoms with Crippen LogP contribution in [-0.4, -0.2) is 24.5 Å². The molecule has 1 aromatic heterocycles. The predicted octanol–water partition coefficient (Wildman–Crippen LogP) is 3.13. The van der Waals surface area contributed by atoms with Crippen LogP contribution >= 0.6 is 22.9 Å². The first-order chi connectivity index (χ1) is 7.06. The SMILES string of the molecule is CCCN(C)C(c1ccc(Cl)s1)C(C)N. The zero-order valence-electron chi connectivity index (χ0n) is 9.53. The van der Waals surface area contributed by atoms with E-state index in [-0.39, 0.29) is 12.1 Å². The molecule has 2 nitrogen and oxygen atoms in total. The van der Waals surface area contributed by atoms with Gasteiger partial charge in [0.15, 0.2) is 0 Å². The van der Waals surface area contributed by atoms with Gasteiger partial charge >= 0.3 is 0 Å². The van der Waals surface area contributed by atoms with E-state index in [9.17, 15) is 0 Å². The van der Waals surface area contributed by atoms with Gasteiger partial charge in [-0.3, -0.25) is 4.90 Å². The molecule has 0 saturated carbocycles. The van der Waals surface area contributed by atoms with E-state index in [0.717, 1.165) is 17.3 Å². The van der Waals surface area contributed by atoms with Crippen LogP contribution in [0.25, 0.3) is 0 Å². The fourth-order valence-corrected chi connectivity index (χ4v) is 3.20. The van der Waals surface area contributed by atoms with Crippen molar-refractivity contribution in [3.63, 3.8) is 0 Å². The second-order valence-corrected chi connectivity index (χ2v) is 5.67. The van der Waals surface area contributed by atoms with Crippen LogP contribution in [0.2, 0.25) is 4.34 Å². The van der Waals surface area contributed by atoms with Crippen LogP contribution in [0, 0.1) is 0 Å². The van der Waals surface area contributed by atoms with E-state index in [2.05, 4.69) is 24.9 Å². The minimum atomic E-state index is 0.122. The number of nitrogens with zero attached hydrogens (tertiary/aromatic N) is 1. The van der Waals surface area contributed by atoms with Crippen LogP contribution in [-0.2, 0) is 0 Å². The summed E-state index contributed by atoms with van der Waals surface area (Å²) in [5, 5.41) is 0. The highest BCUT2D eigenvalue weighted by Gasteiger charge is 2.21. The molecule has 0 bridgehead atoms. The molecule has 0 aromatic carbocycles. The Morgan fingerprint density at radius 2 is 2.20 bits per heavy atom. The van der Waals surface area contributed by atoms with Crippen molar-refractivity contribution in [2.24, 2.45) is 5.73 Å². The molecule has 0 aliphatic rings. The van der Waals surface area contributed by atoms with E-state index >= 15 is 0 Å². The number of likely N-dealkylation sites (N-methyl/N-ethyl adjacent to an activating group) is 1. The monoisotopic (exact) mass is 246 g/mol. The average molecular weight is 247 g/mol. The van der Waals surface area contributed by atoms with Crippen molar-refractivity contribution in [1.82, 2.24) is 4.90 Å². The Labute approximate surface area is 101 Å². The van der Waals surface area contributed by atoms with Gasteiger partial charge in [0, 0.05) is 10.9 Å². The lowest BCUT2D eigenvalue weighted by Crippen LogP contribution is -2.37. The Balaban J connectivity index is 2.82. The molecule has 2 unspecified atom stereocenters. The van der Waals surface area contributed by atoms with Crippen LogP contribution in [0.1, 0.15) is 31.2 Å². The molecular formula is C11H19ClN2S. The Morgan fingerprint density at radius 3 is 2.60 bits per heavy atom. The average Bonchev–Trinajstić information content (AvgIpc) is 2.51. The van der Waals surface area contributed by atoms with Crippen LogP contribution in [0.5, 0.6) is 0 Å². The fraction of sp³-hybridized carbons (Fsp3) is 0.636. The minimum absolute atomic E-state index is 0.122. The molecule has 0 radical (unpaired) electrons. The second kappa shape index (κ2) is 5.85. The quantitative estimate of drug-likeness (QED) is 0.865. The van der Waals surface area contributed by atoms with Crippen LogP contribution in [0.15, 0.2) is 12.1 Å². The Kier molecular flexibility index (Phi) is 5.06. The molecular weight excluding hydrogens is 228 g/mol. The molecule has 0 saturated heterocycles. The largest absolute Gasteiger partial charge is 0.326 e. The van der Waals surface area contributed by atoms with Gasteiger partial charge in [-0.25, -0.2) is 0 Å². The van der Waals surface area contributed by atoms with Gasteiger partial charge in [-0.05, 0) is 39.1 Å². The molecule has 2 atom stereocenters. The lowest BCUT2D eigenvalue weighted by atomic mass is 10.1. The summed E-state index contributed by atoms with van der Waals surface area (Å²) in [6.07, 6.45) is 1.14. The Morgan fingerprint density at radius 1 is 1.53 bits per heavy atom. The molecule has 1 heterocycles. The van der Waals surface area contributed by atoms with Gasteiger partial charge in [-0.1, -0.05) is 18.5 Å². The first kappa shape index (κ1) is 13.0. The number of nitrogens with two attached hydrogens (primary N) is 1. The highest BCUT2D eigenvalue weighted by atomic mass is 35.5. The Hall–Kier alpha value is -0.0900. The highest BCUT2D eigenvalue weighted by Crippen LogP contribution is 2.31. The summed E-state index contributed by atoms with van der Waals surface area (Å²) >= 11 is 7.57. The van der Waals surface area contributed by atoms with Crippen molar-refractivity contribution >= 4 is 22.9 Å². The molecule has 0 spiro atoms. The first-order valence-electron chi connectivity index (χ1n) is 5.27. The van der Waals surface area contributed by atoms with Crippen molar-refractivity contribution in [2.75, 3.05) is 13.6 Å². The van der Waals surface area contributed by atoms with E-state index in [1.807, 2.05) is 13.0 Å². The van der Waals surface area contributed by atoms with Gasteiger partial charge < -0.3 is 5.73 Å². The molecule has 1 rings (SSSR count). The topological polar surface area (TPSA) is 29.3 Å². The normalized spacial score (nSPS) is 15.6. The number of hydrogen-bond donors (Lipinski definition) is 1. The standard InChI is InChI=1S/C11H19ClN2S/c1-4-7-14(3)11(8(2)13)9-5-6-10(12)15-9/h5-6,8,11H,4,7,13H2,1-3H3. The van der Waals surface area contributed by atoms with E-state index in [0.29, 0.717) is 0 Å². The highest BCUT2D eigenvalue weighted by molar-refractivity contribution is 7.16. The summed E-state index contributed by atoms with van der Waals surface area (Å²) in [6.45, 7) is 5.28. The summed E-state index contributed by atoms with van der Waals surface area (Å²) in [6, 6.07) is 4.42. The fourth-order valence-electron chi connectivity index (χ4n) is 1.86. The maximum atomic E-state index is 6.03. The zero-order chi connectivity index (χ0) is 11.4. The summed E-state index contributed by atoms with van der Waals surface area (Å²) in [5.74, 6) is 0. The zero-order valence-corrected chi connectivity index (χ0v) is 11.1. The van der Waals surface area contributed by atoms with Crippen molar-refractivity contribution in [2.45, 2.75) is 32.4 Å². The number of thiophene rings is 1. The lowest BCUT2D eigenvalue weighted by molar-refractivity contribution is 0.223. The summed E-state index contributed by atoms with van der Waals surface area (Å²) in [7, 11) is 2.12. The minimum Gasteiger partial charge on any atom is -0.326 e. The number of halogens is 1. The second-order valence-electron chi connectivity index (χ2n) is 3.93. The van der Waals surface area contributed by atoms with E-state index in [1.54, 1.807) is 11.3 Å². The van der Waals surface area contributed by atoms with Gasteiger partial charge in [0.2, 0.25) is 0 Å². The number of rotatable bonds is 5. The van der Waals surface area contributed by atoms with Gasteiger partial charge in [0.25, 0.3) is 0 Å². The first-order valence-corrected chi connectivity index (χ1v) is 6.46. The van der Waals surface area contributed by atoms with E-state index in [1.165, 1.54) is 4.88 Å². The van der Waals surface area contributed by atoms with Crippen molar-refractivity contribution in [1.29, 1.82) is 0 Å². The van der Waals surface area contributed by atoms with Gasteiger partial charge in [0.05, 0.1) is 10.4 Å². The molecule has 2 N–H and O–H groups in total. The third kappa shape index (κ3) is 3.45. The molecule has 0 aliphatic carbocycles. The lowest BCUT2D eigenvalue weighted by Gasteiger charge is -2.29. The van der Waals surface area contributed by atoms with Crippen molar-refractivity contribution < 1.29 is 0 Å². The maximum Gasteiger partial charge on any atom is 0.0931 e. The summed E-state index contributed by atoms with van der Waals surface area (Å²) in [4.78, 5) is 3.55. The van der Waals surface area contributed by atoms with E-state index in [4.69, 9.17) is 17.3 Å². The van der Waals surface area contributed by atoms with Gasteiger partial charge in [0.1, 0.15) is 0 Å². The molecule has 86 valence electrons. The molecule has 0 amide bonds. The molecule has 0 aliphatic heterocycles. The third-order valence-electron chi connectivity index (χ3n) is 2.43. The maximum absolute atomic E-state index is 6.03. The molecule has 1 aromatic rings. The van der Waals surface area contributed by atoms with Crippen LogP contribution < -0.4 is 5.73 Å². The molecule has 0 fully saturated rings. The predicted molar refractivity (Wildman–Crippen MR) is 68.6 cm³/mol. The van der Waals surface area contributed by atoms with Gasteiger partial charge in [-0.15, -0.1) is 11.3 Å². The van der Waals surface area contributed by atoms with Crippen molar-refractivity contribution in [3.05, 3.63) is 21.3 Å². The van der Waals surface area contributed by atoms with Crippen LogP contribution in [0.4, 0.5) is 0 Å². The smallest absolute Gasteiger partial charge is 0.0931 e. The number of hydrogen-bond acceptors (Lipinski definition) is 3. The third-order valence-corrected chi connectivity index (χ3v) is 3.74. The molecule has 4 heteroatoms. The van der Waals surface area contributed by atoms with E-state index < -0.39 is 0 Å². The van der Waals surface area contributed by atoms with Gasteiger partial charge in [-0.2, -0.15) is 0 Å². The Bertz CT molecular complexity index is 299. The van der Waals surface area contributed by atoms with Crippen LogP contribution in [0.3, 0.4) is 0 Å². The summed E-state index contributed by atoms with van der Waals surface area (Å²) < 4.78 is 0.834. The van der Waals surface area contributed by atoms with Crippen molar-refractivity contribution in [3.8, 4) is 0 Å². The summed E-state index contributed by atoms with van der Waals surface area (Å²) in [5.41, 5.74) is 6.03. The molecule has 15 heavy (non-hydrogen) atoms.